The van der Waals surface area contributed by atoms with Crippen LogP contribution in [0.5, 0.6) is 0 Å². The third-order valence-electron chi connectivity index (χ3n) is 3.21. The lowest BCUT2D eigenvalue weighted by Crippen LogP contribution is -2.27. The van der Waals surface area contributed by atoms with Crippen molar-refractivity contribution in [1.29, 1.82) is 0 Å². The van der Waals surface area contributed by atoms with E-state index in [9.17, 15) is 4.79 Å². The molecule has 7 heteroatoms. The molecule has 0 aliphatic rings. The van der Waals surface area contributed by atoms with Crippen LogP contribution in [0.15, 0.2) is 59.6 Å². The normalized spacial score (nSPS) is 10.5. The molecule has 0 aliphatic heterocycles. The van der Waals surface area contributed by atoms with Crippen molar-refractivity contribution in [3.8, 4) is 11.6 Å². The molecule has 23 heavy (non-hydrogen) atoms. The Labute approximate surface area is 141 Å². The van der Waals surface area contributed by atoms with E-state index < -0.39 is 0 Å². The summed E-state index contributed by atoms with van der Waals surface area (Å²) in [5, 5.41) is 2.89. The molecule has 0 atom stereocenters. The summed E-state index contributed by atoms with van der Waals surface area (Å²) in [5.41, 5.74) is 0.622. The van der Waals surface area contributed by atoms with Crippen molar-refractivity contribution in [2.75, 3.05) is 6.54 Å². The molecule has 1 aromatic carbocycles. The van der Waals surface area contributed by atoms with Gasteiger partial charge in [0.15, 0.2) is 11.6 Å². The topological polar surface area (TPSA) is 72.7 Å². The average Bonchev–Trinajstić information content (AvgIpc) is 3.04. The molecule has 0 saturated heterocycles. The van der Waals surface area contributed by atoms with E-state index in [-0.39, 0.29) is 5.91 Å². The molecule has 2 heterocycles. The number of benzene rings is 1. The third kappa shape index (κ3) is 3.81. The summed E-state index contributed by atoms with van der Waals surface area (Å²) in [4.78, 5) is 24.8. The minimum atomic E-state index is -0.107. The van der Waals surface area contributed by atoms with E-state index in [0.717, 1.165) is 4.47 Å². The molecule has 0 bridgehead atoms. The quantitative estimate of drug-likeness (QED) is 0.747. The molecule has 0 aliphatic carbocycles. The molecule has 6 nitrogen and oxygen atoms in total. The van der Waals surface area contributed by atoms with E-state index >= 15 is 0 Å². The summed E-state index contributed by atoms with van der Waals surface area (Å²) in [7, 11) is 0. The van der Waals surface area contributed by atoms with Crippen LogP contribution in [0.4, 0.5) is 0 Å². The van der Waals surface area contributed by atoms with Gasteiger partial charge in [-0.15, -0.1) is 0 Å². The Morgan fingerprint density at radius 2 is 1.96 bits per heavy atom. The van der Waals surface area contributed by atoms with E-state index in [2.05, 4.69) is 36.2 Å². The van der Waals surface area contributed by atoms with Crippen molar-refractivity contribution in [3.63, 3.8) is 0 Å². The fourth-order valence-corrected chi connectivity index (χ4v) is 2.53. The highest BCUT2D eigenvalue weighted by atomic mass is 79.9. The molecule has 0 spiro atoms. The molecule has 3 rings (SSSR count). The number of hydrogen-bond donors (Lipinski definition) is 1. The van der Waals surface area contributed by atoms with Gasteiger partial charge in [0.1, 0.15) is 0 Å². The molecule has 1 N–H and O–H groups in total. The number of amides is 1. The number of hydrogen-bond acceptors (Lipinski definition) is 4. The first-order valence-corrected chi connectivity index (χ1v) is 7.85. The summed E-state index contributed by atoms with van der Waals surface area (Å²) in [6.07, 6.45) is 6.89. The van der Waals surface area contributed by atoms with Gasteiger partial charge in [-0.1, -0.05) is 22.0 Å². The zero-order valence-electron chi connectivity index (χ0n) is 12.2. The van der Waals surface area contributed by atoms with Gasteiger partial charge in [-0.2, -0.15) is 0 Å². The lowest BCUT2D eigenvalue weighted by atomic mass is 10.2. The first kappa shape index (κ1) is 15.4. The second-order valence-electron chi connectivity index (χ2n) is 4.78. The Bertz CT molecular complexity index is 803. The minimum Gasteiger partial charge on any atom is -0.350 e. The van der Waals surface area contributed by atoms with Crippen molar-refractivity contribution in [2.24, 2.45) is 0 Å². The van der Waals surface area contributed by atoms with Crippen LogP contribution < -0.4 is 5.32 Å². The summed E-state index contributed by atoms with van der Waals surface area (Å²) < 4.78 is 2.79. The fraction of sp³-hybridized carbons (Fsp3) is 0.125. The predicted octanol–water partition coefficient (Wildman–Crippen LogP) is 2.53. The van der Waals surface area contributed by atoms with Gasteiger partial charge in [0.05, 0.1) is 0 Å². The number of rotatable bonds is 5. The number of aromatic nitrogens is 4. The van der Waals surface area contributed by atoms with E-state index in [0.29, 0.717) is 30.3 Å². The Morgan fingerprint density at radius 3 is 2.74 bits per heavy atom. The zero-order chi connectivity index (χ0) is 16.1. The number of nitrogens with one attached hydrogen (secondary N) is 1. The molecule has 3 aromatic rings. The van der Waals surface area contributed by atoms with Crippen LogP contribution in [0.25, 0.3) is 11.6 Å². The van der Waals surface area contributed by atoms with Gasteiger partial charge in [0.2, 0.25) is 0 Å². The predicted molar refractivity (Wildman–Crippen MR) is 89.7 cm³/mol. The smallest absolute Gasteiger partial charge is 0.251 e. The third-order valence-corrected chi connectivity index (χ3v) is 3.70. The van der Waals surface area contributed by atoms with Gasteiger partial charge in [0.25, 0.3) is 5.91 Å². The average molecular weight is 372 g/mol. The monoisotopic (exact) mass is 371 g/mol. The van der Waals surface area contributed by atoms with E-state index in [4.69, 9.17) is 0 Å². The van der Waals surface area contributed by atoms with Crippen LogP contribution in [-0.4, -0.2) is 32.0 Å². The number of halogens is 1. The fourth-order valence-electron chi connectivity index (χ4n) is 2.13. The van der Waals surface area contributed by atoms with E-state index in [1.54, 1.807) is 36.8 Å². The first-order chi connectivity index (χ1) is 11.2. The van der Waals surface area contributed by atoms with Crippen LogP contribution >= 0.6 is 15.9 Å². The Morgan fingerprint density at radius 1 is 1.13 bits per heavy atom. The minimum absolute atomic E-state index is 0.107. The van der Waals surface area contributed by atoms with Crippen molar-refractivity contribution in [3.05, 3.63) is 65.2 Å². The maximum Gasteiger partial charge on any atom is 0.251 e. The summed E-state index contributed by atoms with van der Waals surface area (Å²) >= 11 is 3.36. The van der Waals surface area contributed by atoms with Gasteiger partial charge in [-0.05, 0) is 24.3 Å². The molecule has 0 radical (unpaired) electrons. The first-order valence-electron chi connectivity index (χ1n) is 7.06. The van der Waals surface area contributed by atoms with Gasteiger partial charge < -0.3 is 9.88 Å². The maximum atomic E-state index is 12.1. The summed E-state index contributed by atoms with van der Waals surface area (Å²) in [6.45, 7) is 1.08. The lowest BCUT2D eigenvalue weighted by Gasteiger charge is -2.08. The van der Waals surface area contributed by atoms with Crippen LogP contribution in [0.3, 0.4) is 0 Å². The Kier molecular flexibility index (Phi) is 4.77. The van der Waals surface area contributed by atoms with E-state index in [1.165, 1.54) is 0 Å². The molecular weight excluding hydrogens is 358 g/mol. The van der Waals surface area contributed by atoms with Crippen LogP contribution in [0, 0.1) is 0 Å². The van der Waals surface area contributed by atoms with Crippen LogP contribution in [0.1, 0.15) is 10.4 Å². The van der Waals surface area contributed by atoms with Crippen LogP contribution in [0.2, 0.25) is 0 Å². The number of carbonyl (C=O) groups is 1. The van der Waals surface area contributed by atoms with Crippen LogP contribution in [-0.2, 0) is 6.54 Å². The molecule has 116 valence electrons. The van der Waals surface area contributed by atoms with Crippen molar-refractivity contribution in [1.82, 2.24) is 24.8 Å². The maximum absolute atomic E-state index is 12.1. The second-order valence-corrected chi connectivity index (χ2v) is 5.70. The molecule has 1 amide bonds. The highest BCUT2D eigenvalue weighted by molar-refractivity contribution is 9.10. The highest BCUT2D eigenvalue weighted by Crippen LogP contribution is 2.12. The van der Waals surface area contributed by atoms with Gasteiger partial charge >= 0.3 is 0 Å². The SMILES string of the molecule is O=C(NCCn1ccnc1-c1ncccn1)c1cccc(Br)c1. The molecule has 0 fully saturated rings. The van der Waals surface area contributed by atoms with Gasteiger partial charge in [-0.25, -0.2) is 15.0 Å². The molecule has 2 aromatic heterocycles. The van der Waals surface area contributed by atoms with Crippen molar-refractivity contribution in [2.45, 2.75) is 6.54 Å². The van der Waals surface area contributed by atoms with Gasteiger partial charge in [0, 0.05) is 47.9 Å². The molecule has 0 saturated carbocycles. The molecule has 0 unspecified atom stereocenters. The summed E-state index contributed by atoms with van der Waals surface area (Å²) in [5.74, 6) is 1.14. The number of nitrogens with zero attached hydrogens (tertiary/aromatic N) is 4. The van der Waals surface area contributed by atoms with E-state index in [1.807, 2.05) is 22.9 Å². The molecular formula is C16H14BrN5O. The number of carbonyl (C=O) groups excluding carboxylic acids is 1. The largest absolute Gasteiger partial charge is 0.350 e. The Hall–Kier alpha value is -2.54. The Balaban J connectivity index is 1.62. The zero-order valence-corrected chi connectivity index (χ0v) is 13.8. The second kappa shape index (κ2) is 7.15. The van der Waals surface area contributed by atoms with Gasteiger partial charge in [-0.3, -0.25) is 4.79 Å². The standard InChI is InChI=1S/C16H14BrN5O/c17-13-4-1-3-12(11-13)16(23)21-8-10-22-9-7-20-15(22)14-18-5-2-6-19-14/h1-7,9,11H,8,10H2,(H,21,23). The van der Waals surface area contributed by atoms with Crippen molar-refractivity contribution >= 4 is 21.8 Å². The lowest BCUT2D eigenvalue weighted by molar-refractivity contribution is 0.0952. The number of imidazole rings is 1. The highest BCUT2D eigenvalue weighted by Gasteiger charge is 2.09. The van der Waals surface area contributed by atoms with Crippen molar-refractivity contribution < 1.29 is 4.79 Å². The summed E-state index contributed by atoms with van der Waals surface area (Å²) in [6, 6.07) is 9.04.